The van der Waals surface area contributed by atoms with Crippen molar-refractivity contribution in [1.29, 1.82) is 0 Å². The molecule has 1 aliphatic rings. The summed E-state index contributed by atoms with van der Waals surface area (Å²) in [5.74, 6) is 0.620. The summed E-state index contributed by atoms with van der Waals surface area (Å²) in [6, 6.07) is 37.5. The van der Waals surface area contributed by atoms with Crippen LogP contribution in [0.4, 0.5) is 0 Å². The molecule has 194 valence electrons. The van der Waals surface area contributed by atoms with Crippen molar-refractivity contribution in [1.82, 2.24) is 24.5 Å². The van der Waals surface area contributed by atoms with E-state index in [1.165, 1.54) is 0 Å². The number of hydrogen-bond acceptors (Lipinski definition) is 4. The molecule has 2 aromatic heterocycles. The summed E-state index contributed by atoms with van der Waals surface area (Å²) in [6.45, 7) is 0.747. The Bertz CT molecular complexity index is 1650. The number of aromatic nitrogens is 5. The van der Waals surface area contributed by atoms with Gasteiger partial charge in [-0.1, -0.05) is 91.0 Å². The molecular weight excluding hydrogens is 493 g/mol. The standard InChI is InChI=1S/C33H28BN5O/c34-31-28-22-24(19-20-29(28)39(36-31)30-18-10-11-21-40-30)32-35-23-38(37-32)33(25-12-4-1-5-13-25,26-14-6-2-7-15-26)27-16-8-3-9-17-27/h1-9,12-17,19-20,22-23,30H,10-11,18,21H2. The van der Waals surface area contributed by atoms with E-state index in [0.717, 1.165) is 59.0 Å². The van der Waals surface area contributed by atoms with Crippen LogP contribution in [0.1, 0.15) is 42.2 Å². The van der Waals surface area contributed by atoms with Crippen LogP contribution in [-0.2, 0) is 10.3 Å². The summed E-state index contributed by atoms with van der Waals surface area (Å²) in [7, 11) is 6.40. The average Bonchev–Trinajstić information content (AvgIpc) is 3.65. The Morgan fingerprint density at radius 3 is 1.95 bits per heavy atom. The van der Waals surface area contributed by atoms with Crippen molar-refractivity contribution < 1.29 is 4.74 Å². The van der Waals surface area contributed by atoms with Crippen molar-refractivity contribution in [3.05, 3.63) is 132 Å². The number of rotatable bonds is 6. The van der Waals surface area contributed by atoms with Gasteiger partial charge in [-0.25, -0.2) is 14.3 Å². The van der Waals surface area contributed by atoms with Crippen LogP contribution >= 0.6 is 0 Å². The molecule has 7 rings (SSSR count). The molecular formula is C33H28BN5O. The molecule has 2 radical (unpaired) electrons. The molecule has 0 aliphatic carbocycles. The Hall–Kier alpha value is -4.49. The van der Waals surface area contributed by atoms with E-state index in [2.05, 4.69) is 77.9 Å². The number of hydrogen-bond donors (Lipinski definition) is 0. The minimum absolute atomic E-state index is 0.0834. The zero-order valence-electron chi connectivity index (χ0n) is 22.1. The second kappa shape index (κ2) is 10.2. The fourth-order valence-corrected chi connectivity index (χ4v) is 5.93. The maximum Gasteiger partial charge on any atom is 0.181 e. The topological polar surface area (TPSA) is 57.8 Å². The summed E-state index contributed by atoms with van der Waals surface area (Å²) in [5.41, 5.74) is 4.89. The SMILES string of the molecule is [B]c1nn(C2CCCCO2)c2ccc(-c3ncn(C(c4ccccc4)(c4ccccc4)c4ccccc4)n3)cc12. The third-order valence-corrected chi connectivity index (χ3v) is 7.83. The third-order valence-electron chi connectivity index (χ3n) is 7.83. The van der Waals surface area contributed by atoms with Gasteiger partial charge < -0.3 is 4.74 Å². The molecule has 4 aromatic carbocycles. The van der Waals surface area contributed by atoms with E-state index in [1.54, 1.807) is 0 Å². The van der Waals surface area contributed by atoms with E-state index in [1.807, 2.05) is 52.1 Å². The highest BCUT2D eigenvalue weighted by molar-refractivity contribution is 6.37. The smallest absolute Gasteiger partial charge is 0.181 e. The van der Waals surface area contributed by atoms with Gasteiger partial charge in [-0.15, -0.1) is 5.10 Å². The molecule has 40 heavy (non-hydrogen) atoms. The Labute approximate surface area is 234 Å². The van der Waals surface area contributed by atoms with Crippen molar-refractivity contribution >= 4 is 24.3 Å². The number of nitrogens with zero attached hydrogens (tertiary/aromatic N) is 5. The zero-order valence-corrected chi connectivity index (χ0v) is 22.1. The predicted molar refractivity (Wildman–Crippen MR) is 158 cm³/mol. The van der Waals surface area contributed by atoms with Gasteiger partial charge in [-0.2, -0.15) is 5.10 Å². The summed E-state index contributed by atoms with van der Waals surface area (Å²) in [6.07, 6.45) is 4.89. The lowest BCUT2D eigenvalue weighted by Crippen LogP contribution is -2.38. The first-order valence-corrected chi connectivity index (χ1v) is 13.7. The minimum atomic E-state index is -0.721. The van der Waals surface area contributed by atoms with Crippen molar-refractivity contribution in [2.24, 2.45) is 0 Å². The van der Waals surface area contributed by atoms with Gasteiger partial charge in [-0.3, -0.25) is 0 Å². The maximum atomic E-state index is 6.40. The van der Waals surface area contributed by atoms with Crippen LogP contribution in [0, 0.1) is 0 Å². The first kappa shape index (κ1) is 24.5. The first-order chi connectivity index (χ1) is 19.7. The molecule has 0 bridgehead atoms. The quantitative estimate of drug-likeness (QED) is 0.211. The lowest BCUT2D eigenvalue weighted by Gasteiger charge is -2.35. The van der Waals surface area contributed by atoms with Crippen LogP contribution in [0.25, 0.3) is 22.3 Å². The second-order valence-corrected chi connectivity index (χ2v) is 10.2. The summed E-state index contributed by atoms with van der Waals surface area (Å²) in [4.78, 5) is 4.82. The van der Waals surface area contributed by atoms with Crippen LogP contribution in [0.15, 0.2) is 116 Å². The summed E-state index contributed by atoms with van der Waals surface area (Å²) >= 11 is 0. The molecule has 1 saturated heterocycles. The van der Waals surface area contributed by atoms with Crippen LogP contribution in [0.5, 0.6) is 0 Å². The van der Waals surface area contributed by atoms with Crippen LogP contribution in [-0.4, -0.2) is 39.0 Å². The van der Waals surface area contributed by atoms with E-state index in [0.29, 0.717) is 11.4 Å². The van der Waals surface area contributed by atoms with Gasteiger partial charge >= 0.3 is 0 Å². The van der Waals surface area contributed by atoms with Gasteiger partial charge in [-0.05, 0) is 54.2 Å². The van der Waals surface area contributed by atoms with E-state index in [4.69, 9.17) is 22.7 Å². The van der Waals surface area contributed by atoms with E-state index >= 15 is 0 Å². The van der Waals surface area contributed by atoms with Gasteiger partial charge in [0.15, 0.2) is 12.1 Å². The van der Waals surface area contributed by atoms with Gasteiger partial charge in [0.05, 0.1) is 5.52 Å². The molecule has 1 unspecified atom stereocenters. The highest BCUT2D eigenvalue weighted by Gasteiger charge is 2.39. The second-order valence-electron chi connectivity index (χ2n) is 10.2. The van der Waals surface area contributed by atoms with E-state index in [9.17, 15) is 0 Å². The number of ether oxygens (including phenoxy) is 1. The lowest BCUT2D eigenvalue weighted by atomic mass is 9.77. The number of benzene rings is 4. The molecule has 0 saturated carbocycles. The fourth-order valence-electron chi connectivity index (χ4n) is 5.93. The highest BCUT2D eigenvalue weighted by atomic mass is 16.5. The molecule has 1 atom stereocenters. The Morgan fingerprint density at radius 2 is 1.38 bits per heavy atom. The largest absolute Gasteiger partial charge is 0.356 e. The average molecular weight is 521 g/mol. The maximum absolute atomic E-state index is 6.40. The highest BCUT2D eigenvalue weighted by Crippen LogP contribution is 2.40. The van der Waals surface area contributed by atoms with Crippen molar-refractivity contribution in [2.75, 3.05) is 6.61 Å². The normalized spacial score (nSPS) is 15.8. The van der Waals surface area contributed by atoms with Gasteiger partial charge in [0.1, 0.15) is 19.7 Å². The molecule has 7 heteroatoms. The van der Waals surface area contributed by atoms with E-state index < -0.39 is 5.54 Å². The molecule has 6 nitrogen and oxygen atoms in total. The number of fused-ring (bicyclic) bond motifs is 1. The molecule has 0 spiro atoms. The summed E-state index contributed by atoms with van der Waals surface area (Å²) in [5, 5.41) is 10.6. The Balaban J connectivity index is 1.38. The fraction of sp³-hybridized carbons (Fsp3) is 0.182. The van der Waals surface area contributed by atoms with E-state index in [-0.39, 0.29) is 6.23 Å². The third kappa shape index (κ3) is 4.05. The molecule has 1 fully saturated rings. The summed E-state index contributed by atoms with van der Waals surface area (Å²) < 4.78 is 9.89. The van der Waals surface area contributed by atoms with Gasteiger partial charge in [0.25, 0.3) is 0 Å². The monoisotopic (exact) mass is 521 g/mol. The zero-order chi connectivity index (χ0) is 26.9. The molecule has 1 aliphatic heterocycles. The van der Waals surface area contributed by atoms with Crippen LogP contribution in [0.2, 0.25) is 0 Å². The van der Waals surface area contributed by atoms with Gasteiger partial charge in [0, 0.05) is 23.1 Å². The minimum Gasteiger partial charge on any atom is -0.356 e. The van der Waals surface area contributed by atoms with Crippen LogP contribution in [0.3, 0.4) is 0 Å². The molecule has 0 N–H and O–H groups in total. The van der Waals surface area contributed by atoms with Gasteiger partial charge in [0.2, 0.25) is 0 Å². The van der Waals surface area contributed by atoms with Crippen molar-refractivity contribution in [3.8, 4) is 11.4 Å². The Kier molecular flexibility index (Phi) is 6.29. The molecule has 3 heterocycles. The molecule has 6 aromatic rings. The Morgan fingerprint density at radius 1 is 0.750 bits per heavy atom. The van der Waals surface area contributed by atoms with Crippen molar-refractivity contribution in [2.45, 2.75) is 31.0 Å². The first-order valence-electron chi connectivity index (χ1n) is 13.7. The predicted octanol–water partition coefficient (Wildman–Crippen LogP) is 5.63. The lowest BCUT2D eigenvalue weighted by molar-refractivity contribution is -0.0364. The van der Waals surface area contributed by atoms with Crippen LogP contribution < -0.4 is 5.59 Å². The van der Waals surface area contributed by atoms with Crippen molar-refractivity contribution in [3.63, 3.8) is 0 Å². The molecule has 0 amide bonds.